The number of phenols is 1. The smallest absolute Gasteiger partial charge is 0.227 e. The monoisotopic (exact) mass is 237 g/mol. The summed E-state index contributed by atoms with van der Waals surface area (Å²) < 4.78 is 0. The quantitative estimate of drug-likeness (QED) is 0.772. The molecule has 1 heterocycles. The molecule has 1 atom stereocenters. The van der Waals surface area contributed by atoms with Crippen molar-refractivity contribution in [2.75, 3.05) is 17.2 Å². The van der Waals surface area contributed by atoms with Crippen LogP contribution in [0, 0.1) is 12.8 Å². The van der Waals surface area contributed by atoms with E-state index < -0.39 is 0 Å². The summed E-state index contributed by atoms with van der Waals surface area (Å²) in [6.45, 7) is 2.56. The van der Waals surface area contributed by atoms with Gasteiger partial charge in [0.05, 0.1) is 5.69 Å². The Hall–Kier alpha value is -1.16. The lowest BCUT2D eigenvalue weighted by atomic mass is 10.1. The van der Waals surface area contributed by atoms with Gasteiger partial charge < -0.3 is 10.0 Å². The average molecular weight is 237 g/mol. The highest BCUT2D eigenvalue weighted by atomic mass is 32.1. The van der Waals surface area contributed by atoms with Crippen molar-refractivity contribution in [3.05, 3.63) is 23.8 Å². The molecule has 1 aromatic rings. The van der Waals surface area contributed by atoms with Gasteiger partial charge in [-0.1, -0.05) is 6.07 Å². The summed E-state index contributed by atoms with van der Waals surface area (Å²) in [4.78, 5) is 13.4. The number of rotatable bonds is 2. The van der Waals surface area contributed by atoms with Crippen LogP contribution in [0.1, 0.15) is 12.0 Å². The summed E-state index contributed by atoms with van der Waals surface area (Å²) in [6, 6.07) is 5.37. The third-order valence-electron chi connectivity index (χ3n) is 2.89. The molecular formula is C12H15NO2S. The van der Waals surface area contributed by atoms with Crippen molar-refractivity contribution in [2.24, 2.45) is 5.92 Å². The van der Waals surface area contributed by atoms with Crippen LogP contribution in [-0.2, 0) is 4.79 Å². The molecule has 1 fully saturated rings. The predicted octanol–water partition coefficient (Wildman–Crippen LogP) is 1.98. The zero-order valence-corrected chi connectivity index (χ0v) is 10.1. The molecule has 86 valence electrons. The van der Waals surface area contributed by atoms with E-state index in [-0.39, 0.29) is 17.6 Å². The molecule has 1 unspecified atom stereocenters. The van der Waals surface area contributed by atoms with Crippen molar-refractivity contribution in [1.82, 2.24) is 0 Å². The standard InChI is InChI=1S/C12H15NO2S/c1-8-2-3-10(11(14)4-8)13-6-9(7-16)5-12(13)15/h2-4,9,14,16H,5-7H2,1H3. The molecule has 0 saturated carbocycles. The second-order valence-electron chi connectivity index (χ2n) is 4.25. The van der Waals surface area contributed by atoms with Crippen LogP contribution in [0.25, 0.3) is 0 Å². The number of aryl methyl sites for hydroxylation is 1. The summed E-state index contributed by atoms with van der Waals surface area (Å²) >= 11 is 4.21. The number of carbonyl (C=O) groups is 1. The largest absolute Gasteiger partial charge is 0.506 e. The lowest BCUT2D eigenvalue weighted by Crippen LogP contribution is -2.24. The van der Waals surface area contributed by atoms with Gasteiger partial charge in [-0.2, -0.15) is 12.6 Å². The van der Waals surface area contributed by atoms with E-state index in [1.54, 1.807) is 17.0 Å². The van der Waals surface area contributed by atoms with Gasteiger partial charge in [0.15, 0.2) is 0 Å². The maximum Gasteiger partial charge on any atom is 0.227 e. The first-order valence-electron chi connectivity index (χ1n) is 5.32. The van der Waals surface area contributed by atoms with Crippen LogP contribution in [0.2, 0.25) is 0 Å². The Kier molecular flexibility index (Phi) is 3.10. The van der Waals surface area contributed by atoms with Crippen LogP contribution in [0.3, 0.4) is 0 Å². The normalized spacial score (nSPS) is 20.5. The first-order valence-corrected chi connectivity index (χ1v) is 5.96. The first kappa shape index (κ1) is 11.3. The fourth-order valence-electron chi connectivity index (χ4n) is 2.00. The second-order valence-corrected chi connectivity index (χ2v) is 4.61. The number of hydrogen-bond donors (Lipinski definition) is 2. The fraction of sp³-hybridized carbons (Fsp3) is 0.417. The third-order valence-corrected chi connectivity index (χ3v) is 3.40. The summed E-state index contributed by atoms with van der Waals surface area (Å²) in [7, 11) is 0. The highest BCUT2D eigenvalue weighted by Gasteiger charge is 2.30. The summed E-state index contributed by atoms with van der Waals surface area (Å²) in [5.41, 5.74) is 1.60. The number of phenolic OH excluding ortho intramolecular Hbond substituents is 1. The number of amides is 1. The molecule has 1 aromatic carbocycles. The molecule has 1 aliphatic rings. The van der Waals surface area contributed by atoms with Crippen LogP contribution >= 0.6 is 12.6 Å². The van der Waals surface area contributed by atoms with Gasteiger partial charge in [-0.15, -0.1) is 0 Å². The molecule has 0 bridgehead atoms. The van der Waals surface area contributed by atoms with Gasteiger partial charge in [0.25, 0.3) is 0 Å². The summed E-state index contributed by atoms with van der Waals surface area (Å²) in [6.07, 6.45) is 0.525. The Balaban J connectivity index is 2.28. The summed E-state index contributed by atoms with van der Waals surface area (Å²) in [5.74, 6) is 1.23. The molecule has 16 heavy (non-hydrogen) atoms. The van der Waals surface area contributed by atoms with Crippen LogP contribution in [-0.4, -0.2) is 23.3 Å². The highest BCUT2D eigenvalue weighted by molar-refractivity contribution is 7.80. The Labute approximate surface area is 100 Å². The SMILES string of the molecule is Cc1ccc(N2CC(CS)CC2=O)c(O)c1. The molecular weight excluding hydrogens is 222 g/mol. The van der Waals surface area contributed by atoms with E-state index in [0.717, 1.165) is 5.56 Å². The minimum absolute atomic E-state index is 0.0678. The van der Waals surface area contributed by atoms with Crippen molar-refractivity contribution >= 4 is 24.2 Å². The first-order chi connectivity index (χ1) is 7.61. The van der Waals surface area contributed by atoms with Gasteiger partial charge in [0, 0.05) is 13.0 Å². The number of carbonyl (C=O) groups excluding carboxylic acids is 1. The van der Waals surface area contributed by atoms with Crippen molar-refractivity contribution < 1.29 is 9.90 Å². The van der Waals surface area contributed by atoms with Gasteiger partial charge in [-0.3, -0.25) is 4.79 Å². The molecule has 4 heteroatoms. The zero-order chi connectivity index (χ0) is 11.7. The molecule has 2 rings (SSSR count). The maximum absolute atomic E-state index is 11.8. The van der Waals surface area contributed by atoms with E-state index in [1.165, 1.54) is 0 Å². The second kappa shape index (κ2) is 4.37. The third kappa shape index (κ3) is 2.02. The Morgan fingerprint density at radius 2 is 2.31 bits per heavy atom. The Morgan fingerprint density at radius 1 is 1.56 bits per heavy atom. The zero-order valence-electron chi connectivity index (χ0n) is 9.18. The van der Waals surface area contributed by atoms with E-state index in [1.807, 2.05) is 13.0 Å². The van der Waals surface area contributed by atoms with Gasteiger partial charge in [-0.25, -0.2) is 0 Å². The fourth-order valence-corrected chi connectivity index (χ4v) is 2.24. The van der Waals surface area contributed by atoms with E-state index in [0.29, 0.717) is 24.4 Å². The van der Waals surface area contributed by atoms with Crippen molar-refractivity contribution in [3.63, 3.8) is 0 Å². The number of benzene rings is 1. The Morgan fingerprint density at radius 3 is 2.88 bits per heavy atom. The minimum atomic E-state index is 0.0678. The Bertz CT molecular complexity index is 419. The number of aromatic hydroxyl groups is 1. The molecule has 1 amide bonds. The van der Waals surface area contributed by atoms with E-state index in [4.69, 9.17) is 0 Å². The van der Waals surface area contributed by atoms with Crippen LogP contribution in [0.5, 0.6) is 5.75 Å². The number of anilines is 1. The molecule has 0 radical (unpaired) electrons. The average Bonchev–Trinajstić information content (AvgIpc) is 2.60. The topological polar surface area (TPSA) is 40.5 Å². The molecule has 0 spiro atoms. The number of hydrogen-bond acceptors (Lipinski definition) is 3. The van der Waals surface area contributed by atoms with Gasteiger partial charge >= 0.3 is 0 Å². The van der Waals surface area contributed by atoms with Crippen LogP contribution < -0.4 is 4.90 Å². The van der Waals surface area contributed by atoms with Gasteiger partial charge in [0.2, 0.25) is 5.91 Å². The van der Waals surface area contributed by atoms with E-state index >= 15 is 0 Å². The van der Waals surface area contributed by atoms with Gasteiger partial charge in [0.1, 0.15) is 5.75 Å². The number of nitrogens with zero attached hydrogens (tertiary/aromatic N) is 1. The van der Waals surface area contributed by atoms with Crippen LogP contribution in [0.15, 0.2) is 18.2 Å². The number of thiol groups is 1. The van der Waals surface area contributed by atoms with Crippen molar-refractivity contribution in [3.8, 4) is 5.75 Å². The lowest BCUT2D eigenvalue weighted by molar-refractivity contribution is -0.117. The van der Waals surface area contributed by atoms with Crippen molar-refractivity contribution in [1.29, 1.82) is 0 Å². The predicted molar refractivity (Wildman–Crippen MR) is 67.2 cm³/mol. The van der Waals surface area contributed by atoms with E-state index in [2.05, 4.69) is 12.6 Å². The van der Waals surface area contributed by atoms with Crippen LogP contribution in [0.4, 0.5) is 5.69 Å². The van der Waals surface area contributed by atoms with Gasteiger partial charge in [-0.05, 0) is 36.3 Å². The molecule has 1 saturated heterocycles. The highest BCUT2D eigenvalue weighted by Crippen LogP contribution is 2.33. The molecule has 0 aliphatic carbocycles. The van der Waals surface area contributed by atoms with Crippen molar-refractivity contribution in [2.45, 2.75) is 13.3 Å². The maximum atomic E-state index is 11.8. The molecule has 0 aromatic heterocycles. The minimum Gasteiger partial charge on any atom is -0.506 e. The summed E-state index contributed by atoms with van der Waals surface area (Å²) in [5, 5.41) is 9.82. The van der Waals surface area contributed by atoms with E-state index in [9.17, 15) is 9.90 Å². The lowest BCUT2D eigenvalue weighted by Gasteiger charge is -2.18. The molecule has 1 aliphatic heterocycles. The molecule has 1 N–H and O–H groups in total. The molecule has 3 nitrogen and oxygen atoms in total.